The van der Waals surface area contributed by atoms with Crippen LogP contribution in [-0.2, 0) is 0 Å². The molecule has 0 aliphatic heterocycles. The van der Waals surface area contributed by atoms with Crippen LogP contribution in [0.25, 0.3) is 5.57 Å². The largest absolute Gasteiger partial charge is 0.263 e. The van der Waals surface area contributed by atoms with Crippen LogP contribution in [0.4, 0.5) is 0 Å². The van der Waals surface area contributed by atoms with E-state index in [-0.39, 0.29) is 0 Å². The van der Waals surface area contributed by atoms with Crippen molar-refractivity contribution in [2.75, 3.05) is 0 Å². The predicted octanol–water partition coefficient (Wildman–Crippen LogP) is 2.77. The maximum atomic E-state index is 5.69. The van der Waals surface area contributed by atoms with Crippen molar-refractivity contribution in [1.29, 1.82) is 0 Å². The Morgan fingerprint density at radius 2 is 2.30 bits per heavy atom. The van der Waals surface area contributed by atoms with Crippen LogP contribution in [0, 0.1) is 0 Å². The first-order valence-electron chi connectivity index (χ1n) is 2.96. The van der Waals surface area contributed by atoms with Crippen molar-refractivity contribution in [2.45, 2.75) is 6.92 Å². The molecule has 0 amide bonds. The van der Waals surface area contributed by atoms with Crippen LogP contribution in [0.5, 0.6) is 0 Å². The molecule has 1 rings (SSSR count). The molecule has 10 heavy (non-hydrogen) atoms. The van der Waals surface area contributed by atoms with E-state index in [0.717, 1.165) is 11.1 Å². The zero-order chi connectivity index (χ0) is 7.56. The Bertz CT molecular complexity index is 255. The van der Waals surface area contributed by atoms with Crippen molar-refractivity contribution in [3.05, 3.63) is 35.6 Å². The lowest BCUT2D eigenvalue weighted by atomic mass is 10.2. The maximum absolute atomic E-state index is 5.69. The Balaban J connectivity index is 3.07. The van der Waals surface area contributed by atoms with Crippen molar-refractivity contribution in [3.8, 4) is 0 Å². The molecule has 1 heterocycles. The van der Waals surface area contributed by atoms with Crippen LogP contribution < -0.4 is 0 Å². The third kappa shape index (κ3) is 1.58. The molecule has 0 bridgehead atoms. The third-order valence-corrected chi connectivity index (χ3v) is 1.40. The molecule has 0 saturated carbocycles. The molecular formula is C8H8ClN. The van der Waals surface area contributed by atoms with Gasteiger partial charge in [-0.05, 0) is 24.1 Å². The molecule has 0 aliphatic rings. The highest BCUT2D eigenvalue weighted by atomic mass is 35.5. The normalized spacial score (nSPS) is 9.40. The van der Waals surface area contributed by atoms with Crippen molar-refractivity contribution in [1.82, 2.24) is 4.98 Å². The lowest BCUT2D eigenvalue weighted by Gasteiger charge is -1.96. The number of halogens is 1. The summed E-state index contributed by atoms with van der Waals surface area (Å²) in [6.45, 7) is 5.69. The second kappa shape index (κ2) is 2.84. The third-order valence-electron chi connectivity index (χ3n) is 1.20. The lowest BCUT2D eigenvalue weighted by Crippen LogP contribution is -1.79. The van der Waals surface area contributed by atoms with Crippen LogP contribution >= 0.6 is 11.6 Å². The van der Waals surface area contributed by atoms with E-state index in [9.17, 15) is 0 Å². The van der Waals surface area contributed by atoms with E-state index in [2.05, 4.69) is 11.6 Å². The second-order valence-corrected chi connectivity index (χ2v) is 2.61. The van der Waals surface area contributed by atoms with Gasteiger partial charge in [0, 0.05) is 12.4 Å². The predicted molar refractivity (Wildman–Crippen MR) is 44.0 cm³/mol. The van der Waals surface area contributed by atoms with Crippen molar-refractivity contribution in [3.63, 3.8) is 0 Å². The number of pyridine rings is 1. The number of rotatable bonds is 1. The van der Waals surface area contributed by atoms with Crippen LogP contribution in [0.15, 0.2) is 25.0 Å². The van der Waals surface area contributed by atoms with Gasteiger partial charge >= 0.3 is 0 Å². The molecule has 1 aromatic rings. The fraction of sp³-hybridized carbons (Fsp3) is 0.125. The Labute approximate surface area is 65.4 Å². The van der Waals surface area contributed by atoms with Gasteiger partial charge in [-0.3, -0.25) is 4.98 Å². The summed E-state index contributed by atoms with van der Waals surface area (Å²) < 4.78 is 0. The lowest BCUT2D eigenvalue weighted by molar-refractivity contribution is 1.31. The first-order valence-corrected chi connectivity index (χ1v) is 3.34. The average molecular weight is 154 g/mol. The van der Waals surface area contributed by atoms with Crippen molar-refractivity contribution in [2.24, 2.45) is 0 Å². The molecule has 1 aromatic heterocycles. The molecule has 2 heteroatoms. The zero-order valence-corrected chi connectivity index (χ0v) is 6.52. The van der Waals surface area contributed by atoms with E-state index < -0.39 is 0 Å². The SMILES string of the molecule is C=C(C)c1cncc(Cl)c1. The number of hydrogen-bond donors (Lipinski definition) is 0. The smallest absolute Gasteiger partial charge is 0.0595 e. The van der Waals surface area contributed by atoms with Gasteiger partial charge in [0.25, 0.3) is 0 Å². The van der Waals surface area contributed by atoms with Crippen molar-refractivity contribution >= 4 is 17.2 Å². The molecule has 0 spiro atoms. The Morgan fingerprint density at radius 3 is 2.70 bits per heavy atom. The molecule has 0 unspecified atom stereocenters. The van der Waals surface area contributed by atoms with Gasteiger partial charge in [0.2, 0.25) is 0 Å². The Kier molecular flexibility index (Phi) is 2.07. The quantitative estimate of drug-likeness (QED) is 0.605. The summed E-state index contributed by atoms with van der Waals surface area (Å²) in [5.74, 6) is 0. The molecule has 52 valence electrons. The van der Waals surface area contributed by atoms with Gasteiger partial charge in [-0.2, -0.15) is 0 Å². The molecule has 0 saturated heterocycles. The molecule has 0 fully saturated rings. The minimum absolute atomic E-state index is 0.653. The molecular weight excluding hydrogens is 146 g/mol. The van der Waals surface area contributed by atoms with Crippen LogP contribution in [0.1, 0.15) is 12.5 Å². The highest BCUT2D eigenvalue weighted by Gasteiger charge is 1.92. The minimum atomic E-state index is 0.653. The Hall–Kier alpha value is -0.820. The number of aromatic nitrogens is 1. The van der Waals surface area contributed by atoms with Crippen LogP contribution in [0.2, 0.25) is 5.02 Å². The van der Waals surface area contributed by atoms with Gasteiger partial charge in [-0.15, -0.1) is 0 Å². The summed E-state index contributed by atoms with van der Waals surface area (Å²) in [4.78, 5) is 3.91. The van der Waals surface area contributed by atoms with E-state index >= 15 is 0 Å². The second-order valence-electron chi connectivity index (χ2n) is 2.17. The van der Waals surface area contributed by atoms with Gasteiger partial charge in [-0.25, -0.2) is 0 Å². The average Bonchev–Trinajstić information content (AvgIpc) is 1.88. The fourth-order valence-corrected chi connectivity index (χ4v) is 0.819. The molecule has 0 aliphatic carbocycles. The summed E-state index contributed by atoms with van der Waals surface area (Å²) in [5, 5.41) is 0.653. The number of nitrogens with zero attached hydrogens (tertiary/aromatic N) is 1. The number of hydrogen-bond acceptors (Lipinski definition) is 1. The monoisotopic (exact) mass is 153 g/mol. The van der Waals surface area contributed by atoms with Crippen molar-refractivity contribution < 1.29 is 0 Å². The highest BCUT2D eigenvalue weighted by molar-refractivity contribution is 6.30. The first-order chi connectivity index (χ1) is 4.70. The molecule has 1 nitrogen and oxygen atoms in total. The van der Waals surface area contributed by atoms with E-state index in [1.165, 1.54) is 0 Å². The molecule has 0 atom stereocenters. The van der Waals surface area contributed by atoms with Gasteiger partial charge in [0.1, 0.15) is 0 Å². The van der Waals surface area contributed by atoms with Gasteiger partial charge < -0.3 is 0 Å². The summed E-state index contributed by atoms with van der Waals surface area (Å²) in [6, 6.07) is 1.84. The molecule has 0 N–H and O–H groups in total. The number of allylic oxidation sites excluding steroid dienone is 1. The van der Waals surface area contributed by atoms with Gasteiger partial charge in [0.05, 0.1) is 5.02 Å². The van der Waals surface area contributed by atoms with Crippen LogP contribution in [0.3, 0.4) is 0 Å². The summed E-state index contributed by atoms with van der Waals surface area (Å²) in [6.07, 6.45) is 3.35. The summed E-state index contributed by atoms with van der Waals surface area (Å²) in [5.41, 5.74) is 1.97. The molecule has 0 aromatic carbocycles. The first kappa shape index (κ1) is 7.29. The highest BCUT2D eigenvalue weighted by Crippen LogP contribution is 2.14. The summed E-state index contributed by atoms with van der Waals surface area (Å²) in [7, 11) is 0. The van der Waals surface area contributed by atoms with Crippen LogP contribution in [-0.4, -0.2) is 4.98 Å². The van der Waals surface area contributed by atoms with E-state index in [4.69, 9.17) is 11.6 Å². The summed E-state index contributed by atoms with van der Waals surface area (Å²) >= 11 is 5.69. The standard InChI is InChI=1S/C8H8ClN/c1-6(2)7-3-8(9)5-10-4-7/h3-5H,1H2,2H3. The van der Waals surface area contributed by atoms with Gasteiger partial charge in [0.15, 0.2) is 0 Å². The minimum Gasteiger partial charge on any atom is -0.263 e. The van der Waals surface area contributed by atoms with E-state index in [0.29, 0.717) is 5.02 Å². The fourth-order valence-electron chi connectivity index (χ4n) is 0.645. The zero-order valence-electron chi connectivity index (χ0n) is 5.76. The van der Waals surface area contributed by atoms with E-state index in [1.807, 2.05) is 13.0 Å². The van der Waals surface area contributed by atoms with E-state index in [1.54, 1.807) is 12.4 Å². The maximum Gasteiger partial charge on any atom is 0.0595 e. The Morgan fingerprint density at radius 1 is 1.60 bits per heavy atom. The van der Waals surface area contributed by atoms with Gasteiger partial charge in [-0.1, -0.05) is 18.2 Å². The topological polar surface area (TPSA) is 12.9 Å². The molecule has 0 radical (unpaired) electrons.